The molecule has 0 N–H and O–H groups in total. The van der Waals surface area contributed by atoms with E-state index >= 15 is 0 Å². The van der Waals surface area contributed by atoms with Crippen molar-refractivity contribution in [2.24, 2.45) is 5.92 Å². The molecule has 1 saturated heterocycles. The summed E-state index contributed by atoms with van der Waals surface area (Å²) in [4.78, 5) is 27.1. The lowest BCUT2D eigenvalue weighted by molar-refractivity contribution is -0.130. The molecular weight excluding hydrogens is 400 g/mol. The third-order valence-electron chi connectivity index (χ3n) is 5.62. The lowest BCUT2D eigenvalue weighted by Gasteiger charge is -2.47. The van der Waals surface area contributed by atoms with Crippen LogP contribution in [0.1, 0.15) is 34.8 Å². The number of ether oxygens (including phenoxy) is 1. The van der Waals surface area contributed by atoms with Crippen molar-refractivity contribution in [3.63, 3.8) is 0 Å². The van der Waals surface area contributed by atoms with Crippen LogP contribution in [-0.4, -0.2) is 18.8 Å². The van der Waals surface area contributed by atoms with Gasteiger partial charge in [0.25, 0.3) is 0 Å². The van der Waals surface area contributed by atoms with Crippen molar-refractivity contribution in [2.45, 2.75) is 18.9 Å². The molecule has 3 aromatic carbocycles. The van der Waals surface area contributed by atoms with E-state index in [1.807, 2.05) is 24.3 Å². The van der Waals surface area contributed by atoms with E-state index in [4.69, 9.17) is 4.74 Å². The zero-order chi connectivity index (χ0) is 22.0. The largest absolute Gasteiger partial charge is 0.497 e. The fourth-order valence-corrected chi connectivity index (χ4v) is 3.97. The maximum absolute atomic E-state index is 13.4. The van der Waals surface area contributed by atoms with Crippen LogP contribution < -0.4 is 9.64 Å². The van der Waals surface area contributed by atoms with Gasteiger partial charge in [0, 0.05) is 17.7 Å². The van der Waals surface area contributed by atoms with Gasteiger partial charge in [0.15, 0.2) is 5.78 Å². The molecule has 6 heteroatoms. The van der Waals surface area contributed by atoms with E-state index in [-0.39, 0.29) is 35.9 Å². The van der Waals surface area contributed by atoms with Crippen molar-refractivity contribution >= 4 is 17.4 Å². The average molecular weight is 421 g/mol. The Bertz CT molecular complexity index is 1080. The number of nitrogens with zero attached hydrogens (tertiary/aromatic N) is 1. The normalized spacial score (nSPS) is 17.9. The first-order chi connectivity index (χ1) is 15.0. The predicted molar refractivity (Wildman–Crippen MR) is 113 cm³/mol. The predicted octanol–water partition coefficient (Wildman–Crippen LogP) is 5.34. The smallest absolute Gasteiger partial charge is 0.233 e. The quantitative estimate of drug-likeness (QED) is 0.382. The second-order valence-electron chi connectivity index (χ2n) is 7.48. The number of rotatable bonds is 7. The van der Waals surface area contributed by atoms with Gasteiger partial charge in [0.2, 0.25) is 5.91 Å². The van der Waals surface area contributed by atoms with Gasteiger partial charge in [0.1, 0.15) is 17.4 Å². The Morgan fingerprint density at radius 2 is 1.48 bits per heavy atom. The zero-order valence-electron chi connectivity index (χ0n) is 16.9. The van der Waals surface area contributed by atoms with Gasteiger partial charge >= 0.3 is 0 Å². The SMILES string of the molecule is COc1ccc([C@@H]2[C@@H](CCC(=O)c3ccc(F)cc3)C(=O)N2c2ccc(F)cc2)cc1. The van der Waals surface area contributed by atoms with Crippen LogP contribution in [0, 0.1) is 17.6 Å². The summed E-state index contributed by atoms with van der Waals surface area (Å²) >= 11 is 0. The molecule has 0 aliphatic carbocycles. The minimum Gasteiger partial charge on any atom is -0.497 e. The average Bonchev–Trinajstić information content (AvgIpc) is 2.79. The highest BCUT2D eigenvalue weighted by atomic mass is 19.1. The Morgan fingerprint density at radius 1 is 0.903 bits per heavy atom. The van der Waals surface area contributed by atoms with Crippen LogP contribution in [0.2, 0.25) is 0 Å². The standard InChI is InChI=1S/C25H21F2NO3/c1-31-21-12-4-17(5-13-21)24-22(14-15-23(29)16-2-6-18(26)7-3-16)25(30)28(24)20-10-8-19(27)9-11-20/h2-13,22,24H,14-15H2,1H3/t22-,24-/m1/s1. The number of ketones is 1. The van der Waals surface area contributed by atoms with E-state index in [9.17, 15) is 18.4 Å². The van der Waals surface area contributed by atoms with Gasteiger partial charge in [0.05, 0.1) is 19.1 Å². The lowest BCUT2D eigenvalue weighted by Crippen LogP contribution is -2.55. The summed E-state index contributed by atoms with van der Waals surface area (Å²) in [7, 11) is 1.58. The van der Waals surface area contributed by atoms with Crippen molar-refractivity contribution in [3.05, 3.63) is 95.6 Å². The van der Waals surface area contributed by atoms with Gasteiger partial charge in [-0.1, -0.05) is 12.1 Å². The molecule has 0 saturated carbocycles. The van der Waals surface area contributed by atoms with E-state index in [2.05, 4.69) is 0 Å². The Hall–Kier alpha value is -3.54. The number of Topliss-reactive ketones (excluding diaryl/α,β-unsaturated/α-hetero) is 1. The fourth-order valence-electron chi connectivity index (χ4n) is 3.97. The highest BCUT2D eigenvalue weighted by Crippen LogP contribution is 2.46. The number of methoxy groups -OCH3 is 1. The van der Waals surface area contributed by atoms with Gasteiger partial charge in [-0.15, -0.1) is 0 Å². The second-order valence-corrected chi connectivity index (χ2v) is 7.48. The van der Waals surface area contributed by atoms with Crippen LogP contribution in [-0.2, 0) is 4.79 Å². The topological polar surface area (TPSA) is 46.6 Å². The van der Waals surface area contributed by atoms with Crippen molar-refractivity contribution in [3.8, 4) is 5.75 Å². The fraction of sp³-hybridized carbons (Fsp3) is 0.200. The molecule has 1 fully saturated rings. The van der Waals surface area contributed by atoms with Crippen LogP contribution in [0.15, 0.2) is 72.8 Å². The minimum atomic E-state index is -0.403. The Morgan fingerprint density at radius 3 is 2.06 bits per heavy atom. The zero-order valence-corrected chi connectivity index (χ0v) is 16.9. The van der Waals surface area contributed by atoms with E-state index in [1.54, 1.807) is 24.1 Å². The van der Waals surface area contributed by atoms with Crippen molar-refractivity contribution in [1.29, 1.82) is 0 Å². The van der Waals surface area contributed by atoms with Crippen molar-refractivity contribution in [1.82, 2.24) is 0 Å². The number of benzene rings is 3. The van der Waals surface area contributed by atoms with Crippen molar-refractivity contribution in [2.75, 3.05) is 12.0 Å². The lowest BCUT2D eigenvalue weighted by atomic mass is 9.78. The molecule has 1 amide bonds. The first kappa shape index (κ1) is 20.7. The minimum absolute atomic E-state index is 0.112. The van der Waals surface area contributed by atoms with Gasteiger partial charge < -0.3 is 9.64 Å². The molecule has 1 heterocycles. The summed E-state index contributed by atoms with van der Waals surface area (Å²) < 4.78 is 31.7. The first-order valence-electron chi connectivity index (χ1n) is 9.99. The Labute approximate surface area is 179 Å². The number of β-lactam (4-membered cyclic amide) rings is 1. The third-order valence-corrected chi connectivity index (χ3v) is 5.62. The molecule has 4 rings (SSSR count). The molecule has 4 nitrogen and oxygen atoms in total. The van der Waals surface area contributed by atoms with Gasteiger partial charge in [-0.05, 0) is 72.6 Å². The molecule has 0 spiro atoms. The van der Waals surface area contributed by atoms with Crippen LogP contribution in [0.4, 0.5) is 14.5 Å². The Balaban J connectivity index is 1.56. The molecule has 0 aromatic heterocycles. The molecule has 1 aliphatic heterocycles. The summed E-state index contributed by atoms with van der Waals surface area (Å²) in [5.74, 6) is -0.714. The molecule has 0 bridgehead atoms. The van der Waals surface area contributed by atoms with Crippen LogP contribution in [0.5, 0.6) is 5.75 Å². The first-order valence-corrected chi connectivity index (χ1v) is 9.99. The molecule has 0 radical (unpaired) electrons. The molecular formula is C25H21F2NO3. The number of hydrogen-bond acceptors (Lipinski definition) is 3. The Kier molecular flexibility index (Phi) is 5.80. The van der Waals surface area contributed by atoms with E-state index in [0.29, 0.717) is 23.4 Å². The van der Waals surface area contributed by atoms with E-state index < -0.39 is 5.82 Å². The highest BCUT2D eigenvalue weighted by molar-refractivity contribution is 6.04. The molecule has 3 aromatic rings. The van der Waals surface area contributed by atoms with Gasteiger partial charge in [-0.25, -0.2) is 8.78 Å². The maximum Gasteiger partial charge on any atom is 0.233 e. The highest BCUT2D eigenvalue weighted by Gasteiger charge is 2.48. The number of halogens is 2. The number of hydrogen-bond donors (Lipinski definition) is 0. The number of amides is 1. The van der Waals surface area contributed by atoms with Gasteiger partial charge in [-0.3, -0.25) is 9.59 Å². The number of carbonyl (C=O) groups is 2. The summed E-state index contributed by atoms with van der Waals surface area (Å²) in [6, 6.07) is 18.3. The summed E-state index contributed by atoms with van der Waals surface area (Å²) in [5, 5.41) is 0. The van der Waals surface area contributed by atoms with E-state index in [1.165, 1.54) is 36.4 Å². The van der Waals surface area contributed by atoms with E-state index in [0.717, 1.165) is 5.56 Å². The summed E-state index contributed by atoms with van der Waals surface area (Å²) in [6.45, 7) is 0. The van der Waals surface area contributed by atoms with Gasteiger partial charge in [-0.2, -0.15) is 0 Å². The molecule has 31 heavy (non-hydrogen) atoms. The molecule has 158 valence electrons. The van der Waals surface area contributed by atoms with Crippen LogP contribution in [0.25, 0.3) is 0 Å². The number of carbonyl (C=O) groups excluding carboxylic acids is 2. The van der Waals surface area contributed by atoms with Crippen LogP contribution in [0.3, 0.4) is 0 Å². The molecule has 2 atom stereocenters. The maximum atomic E-state index is 13.4. The third kappa shape index (κ3) is 4.19. The monoisotopic (exact) mass is 421 g/mol. The molecule has 1 aliphatic rings. The van der Waals surface area contributed by atoms with Crippen molar-refractivity contribution < 1.29 is 23.1 Å². The second kappa shape index (κ2) is 8.68. The molecule has 0 unspecified atom stereocenters. The summed E-state index contributed by atoms with van der Waals surface area (Å²) in [5.41, 5.74) is 1.93. The summed E-state index contributed by atoms with van der Waals surface area (Å²) in [6.07, 6.45) is 0.537. The number of anilines is 1. The van der Waals surface area contributed by atoms with Crippen LogP contribution >= 0.6 is 0 Å².